The van der Waals surface area contributed by atoms with Gasteiger partial charge in [-0.15, -0.1) is 11.3 Å². The average molecular weight is 475 g/mol. The topological polar surface area (TPSA) is 73.8 Å². The lowest BCUT2D eigenvalue weighted by Crippen LogP contribution is -2.32. The maximum atomic E-state index is 12.8. The van der Waals surface area contributed by atoms with Crippen LogP contribution in [-0.2, 0) is 4.79 Å². The summed E-state index contributed by atoms with van der Waals surface area (Å²) in [5, 5.41) is 8.70. The first-order valence-corrected chi connectivity index (χ1v) is 12.3. The van der Waals surface area contributed by atoms with Gasteiger partial charge in [-0.3, -0.25) is 9.59 Å². The van der Waals surface area contributed by atoms with Crippen LogP contribution < -0.4 is 15.6 Å². The lowest BCUT2D eigenvalue weighted by Gasteiger charge is -2.23. The van der Waals surface area contributed by atoms with Crippen LogP contribution in [0.15, 0.2) is 82.9 Å². The molecule has 176 valence electrons. The van der Waals surface area contributed by atoms with Crippen molar-refractivity contribution in [3.05, 3.63) is 93.8 Å². The van der Waals surface area contributed by atoms with Gasteiger partial charge in [0.15, 0.2) is 0 Å². The van der Waals surface area contributed by atoms with Crippen molar-refractivity contribution in [2.45, 2.75) is 26.7 Å². The highest BCUT2D eigenvalue weighted by atomic mass is 32.1. The Morgan fingerprint density at radius 1 is 0.941 bits per heavy atom. The molecule has 0 aliphatic carbocycles. The number of nitrogens with zero attached hydrogens (tertiary/aromatic N) is 2. The number of carbonyl (C=O) groups is 2. The number of hydrogen-bond acceptors (Lipinski definition) is 5. The lowest BCUT2D eigenvalue weighted by molar-refractivity contribution is -0.117. The Morgan fingerprint density at radius 3 is 2.26 bits per heavy atom. The zero-order valence-electron chi connectivity index (χ0n) is 19.5. The van der Waals surface area contributed by atoms with Gasteiger partial charge in [-0.05, 0) is 60.2 Å². The molecule has 1 heterocycles. The molecule has 0 fully saturated rings. The van der Waals surface area contributed by atoms with E-state index in [1.165, 1.54) is 17.0 Å². The van der Waals surface area contributed by atoms with Gasteiger partial charge in [-0.2, -0.15) is 5.10 Å². The number of carbonyl (C=O) groups excluding carboxylic acids is 2. The molecule has 3 aromatic rings. The molecule has 6 nitrogen and oxygen atoms in total. The highest BCUT2D eigenvalue weighted by Gasteiger charge is 2.14. The Hall–Kier alpha value is -3.71. The van der Waals surface area contributed by atoms with E-state index in [0.717, 1.165) is 36.4 Å². The number of hydrogen-bond donors (Lipinski definition) is 2. The van der Waals surface area contributed by atoms with E-state index in [0.29, 0.717) is 5.56 Å². The molecule has 0 bridgehead atoms. The van der Waals surface area contributed by atoms with E-state index >= 15 is 0 Å². The first-order chi connectivity index (χ1) is 16.6. The minimum absolute atomic E-state index is 0.124. The van der Waals surface area contributed by atoms with Gasteiger partial charge in [0, 0.05) is 29.2 Å². The molecule has 0 radical (unpaired) electrons. The molecule has 0 aliphatic rings. The zero-order valence-corrected chi connectivity index (χ0v) is 20.3. The van der Waals surface area contributed by atoms with Crippen molar-refractivity contribution in [1.82, 2.24) is 10.7 Å². The van der Waals surface area contributed by atoms with Crippen molar-refractivity contribution in [3.63, 3.8) is 0 Å². The summed E-state index contributed by atoms with van der Waals surface area (Å²) >= 11 is 1.47. The minimum atomic E-state index is -0.498. The number of anilines is 1. The van der Waals surface area contributed by atoms with Crippen LogP contribution in [-0.4, -0.2) is 31.1 Å². The van der Waals surface area contributed by atoms with Crippen LogP contribution >= 0.6 is 11.3 Å². The maximum Gasteiger partial charge on any atom is 0.287 e. The third kappa shape index (κ3) is 7.42. The van der Waals surface area contributed by atoms with E-state index in [9.17, 15) is 9.59 Å². The van der Waals surface area contributed by atoms with Crippen molar-refractivity contribution >= 4 is 41.1 Å². The molecule has 0 unspecified atom stereocenters. The monoisotopic (exact) mass is 474 g/mol. The Morgan fingerprint density at radius 2 is 1.65 bits per heavy atom. The summed E-state index contributed by atoms with van der Waals surface area (Å²) in [4.78, 5) is 28.6. The van der Waals surface area contributed by atoms with Crippen molar-refractivity contribution in [2.75, 3.05) is 18.0 Å². The van der Waals surface area contributed by atoms with Crippen molar-refractivity contribution in [2.24, 2.45) is 5.10 Å². The van der Waals surface area contributed by atoms with E-state index in [4.69, 9.17) is 0 Å². The van der Waals surface area contributed by atoms with E-state index in [1.54, 1.807) is 36.6 Å². The minimum Gasteiger partial charge on any atom is -0.372 e. The second-order valence-electron chi connectivity index (χ2n) is 7.67. The van der Waals surface area contributed by atoms with Crippen molar-refractivity contribution in [3.8, 4) is 0 Å². The second kappa shape index (κ2) is 13.1. The predicted octanol–water partition coefficient (Wildman–Crippen LogP) is 5.30. The molecule has 2 aromatic carbocycles. The first-order valence-electron chi connectivity index (χ1n) is 11.4. The molecular weight excluding hydrogens is 444 g/mol. The van der Waals surface area contributed by atoms with Gasteiger partial charge in [0.1, 0.15) is 5.70 Å². The van der Waals surface area contributed by atoms with Gasteiger partial charge in [0.05, 0.1) is 6.21 Å². The van der Waals surface area contributed by atoms with Crippen molar-refractivity contribution in [1.29, 1.82) is 0 Å². The van der Waals surface area contributed by atoms with E-state index in [-0.39, 0.29) is 11.6 Å². The van der Waals surface area contributed by atoms with Crippen LogP contribution in [0.3, 0.4) is 0 Å². The van der Waals surface area contributed by atoms with Gasteiger partial charge in [0.25, 0.3) is 11.8 Å². The van der Waals surface area contributed by atoms with E-state index < -0.39 is 5.91 Å². The number of hydrazone groups is 1. The standard InChI is InChI=1S/C27H30N4O2S/c1-3-16-31(17-4-2)23-14-12-21(13-15-23)20-28-30-27(33)25(19-24-11-8-18-34-24)29-26(32)22-9-6-5-7-10-22/h5-15,18-20H,3-4,16-17H2,1-2H3,(H,29,32)(H,30,33)/b25-19?,28-20-. The van der Waals surface area contributed by atoms with Crippen LogP contribution in [0.4, 0.5) is 5.69 Å². The quantitative estimate of drug-likeness (QED) is 0.225. The fourth-order valence-electron chi connectivity index (χ4n) is 3.36. The van der Waals surface area contributed by atoms with Gasteiger partial charge in [-0.1, -0.05) is 50.2 Å². The molecular formula is C27H30N4O2S. The largest absolute Gasteiger partial charge is 0.372 e. The molecule has 0 spiro atoms. The van der Waals surface area contributed by atoms with Gasteiger partial charge >= 0.3 is 0 Å². The van der Waals surface area contributed by atoms with Crippen LogP contribution in [0.2, 0.25) is 0 Å². The van der Waals surface area contributed by atoms with Crippen LogP contribution in [0.1, 0.15) is 47.5 Å². The normalized spacial score (nSPS) is 11.4. The summed E-state index contributed by atoms with van der Waals surface area (Å²) in [6.45, 7) is 6.39. The third-order valence-corrected chi connectivity index (χ3v) is 5.80. The average Bonchev–Trinajstić information content (AvgIpc) is 3.37. The summed E-state index contributed by atoms with van der Waals surface area (Å²) in [7, 11) is 0. The molecule has 0 saturated heterocycles. The van der Waals surface area contributed by atoms with E-state index in [1.807, 2.05) is 35.7 Å². The predicted molar refractivity (Wildman–Crippen MR) is 141 cm³/mol. The summed E-state index contributed by atoms with van der Waals surface area (Å²) < 4.78 is 0. The summed E-state index contributed by atoms with van der Waals surface area (Å²) in [6, 6.07) is 20.6. The van der Waals surface area contributed by atoms with E-state index in [2.05, 4.69) is 46.7 Å². The van der Waals surface area contributed by atoms with Crippen molar-refractivity contribution < 1.29 is 9.59 Å². The van der Waals surface area contributed by atoms with Crippen LogP contribution in [0, 0.1) is 0 Å². The highest BCUT2D eigenvalue weighted by molar-refractivity contribution is 7.10. The number of benzene rings is 2. The molecule has 34 heavy (non-hydrogen) atoms. The zero-order chi connectivity index (χ0) is 24.2. The van der Waals surface area contributed by atoms with Gasteiger partial charge in [-0.25, -0.2) is 5.43 Å². The smallest absolute Gasteiger partial charge is 0.287 e. The Bertz CT molecular complexity index is 1100. The molecule has 2 amide bonds. The number of amides is 2. The number of thiophene rings is 1. The molecule has 3 rings (SSSR count). The molecule has 2 N–H and O–H groups in total. The van der Waals surface area contributed by atoms with Gasteiger partial charge in [0.2, 0.25) is 0 Å². The SMILES string of the molecule is CCCN(CCC)c1ccc(/C=N\NC(=O)C(=Cc2cccs2)NC(=O)c2ccccc2)cc1. The maximum absolute atomic E-state index is 12.8. The second-order valence-corrected chi connectivity index (χ2v) is 8.65. The van der Waals surface area contributed by atoms with Gasteiger partial charge < -0.3 is 10.2 Å². The molecule has 0 atom stereocenters. The van der Waals surface area contributed by atoms with Crippen LogP contribution in [0.25, 0.3) is 6.08 Å². The summed E-state index contributed by atoms with van der Waals surface area (Å²) in [6.07, 6.45) is 5.42. The lowest BCUT2D eigenvalue weighted by atomic mass is 10.2. The number of nitrogens with one attached hydrogen (secondary N) is 2. The Balaban J connectivity index is 1.67. The Kier molecular flexibility index (Phi) is 9.61. The summed E-state index contributed by atoms with van der Waals surface area (Å²) in [5.74, 6) is -0.857. The fraction of sp³-hybridized carbons (Fsp3) is 0.222. The first kappa shape index (κ1) is 24.9. The number of rotatable bonds is 11. The highest BCUT2D eigenvalue weighted by Crippen LogP contribution is 2.16. The molecule has 0 saturated carbocycles. The third-order valence-electron chi connectivity index (χ3n) is 4.98. The fourth-order valence-corrected chi connectivity index (χ4v) is 4.02. The Labute approximate surface area is 205 Å². The van der Waals surface area contributed by atoms with Crippen LogP contribution in [0.5, 0.6) is 0 Å². The molecule has 1 aromatic heterocycles. The molecule has 0 aliphatic heterocycles. The summed E-state index contributed by atoms with van der Waals surface area (Å²) in [5.41, 5.74) is 5.16. The molecule has 7 heteroatoms.